The van der Waals surface area contributed by atoms with Crippen molar-refractivity contribution in [3.8, 4) is 11.3 Å². The smallest absolute Gasteiger partial charge is 0.293 e. The Bertz CT molecular complexity index is 1160. The quantitative estimate of drug-likeness (QED) is 0.658. The predicted molar refractivity (Wildman–Crippen MR) is 110 cm³/mol. The molecule has 154 valence electrons. The van der Waals surface area contributed by atoms with E-state index in [1.807, 2.05) is 12.1 Å². The molecule has 1 aliphatic heterocycles. The number of nitrogens with one attached hydrogen (secondary N) is 1. The highest BCUT2D eigenvalue weighted by atomic mass is 16.5. The van der Waals surface area contributed by atoms with Crippen LogP contribution >= 0.6 is 0 Å². The fourth-order valence-electron chi connectivity index (χ4n) is 3.70. The van der Waals surface area contributed by atoms with Crippen LogP contribution in [0.5, 0.6) is 0 Å². The first-order valence-corrected chi connectivity index (χ1v) is 10.1. The van der Waals surface area contributed by atoms with Crippen LogP contribution in [0.3, 0.4) is 0 Å². The van der Waals surface area contributed by atoms with E-state index in [2.05, 4.69) is 20.4 Å². The van der Waals surface area contributed by atoms with Gasteiger partial charge in [-0.2, -0.15) is 5.10 Å². The Morgan fingerprint density at radius 2 is 2.03 bits per heavy atom. The van der Waals surface area contributed by atoms with E-state index < -0.39 is 0 Å². The molecule has 0 bridgehead atoms. The minimum Gasteiger partial charge on any atom is -0.377 e. The third-order valence-corrected chi connectivity index (χ3v) is 5.53. The molecule has 0 aromatic carbocycles. The number of hydrogen-bond donors (Lipinski definition) is 1. The lowest BCUT2D eigenvalue weighted by Crippen LogP contribution is -2.39. The molecule has 5 rings (SSSR count). The first-order chi connectivity index (χ1) is 14.7. The van der Waals surface area contributed by atoms with Gasteiger partial charge in [0, 0.05) is 43.0 Å². The topological polar surface area (TPSA) is 104 Å². The molecule has 9 heteroatoms. The summed E-state index contributed by atoms with van der Waals surface area (Å²) in [6, 6.07) is 6.24. The SMILES string of the molecule is O=c1c(NC2COCC2n2nc(-c3cccnc3)ccc2=O)nccn1CC1CC1. The van der Waals surface area contributed by atoms with Gasteiger partial charge in [-0.3, -0.25) is 14.6 Å². The molecule has 0 spiro atoms. The lowest BCUT2D eigenvalue weighted by Gasteiger charge is -2.21. The first kappa shape index (κ1) is 18.7. The Morgan fingerprint density at radius 1 is 1.13 bits per heavy atom. The third kappa shape index (κ3) is 3.76. The molecule has 1 saturated carbocycles. The number of pyridine rings is 1. The van der Waals surface area contributed by atoms with Gasteiger partial charge in [-0.05, 0) is 37.0 Å². The summed E-state index contributed by atoms with van der Waals surface area (Å²) in [5.74, 6) is 0.855. The molecular formula is C21H22N6O3. The van der Waals surface area contributed by atoms with E-state index in [9.17, 15) is 9.59 Å². The molecule has 4 heterocycles. The Hall–Kier alpha value is -3.33. The van der Waals surface area contributed by atoms with Crippen LogP contribution in [-0.4, -0.2) is 43.6 Å². The van der Waals surface area contributed by atoms with Crippen LogP contribution in [0.25, 0.3) is 11.3 Å². The summed E-state index contributed by atoms with van der Waals surface area (Å²) in [7, 11) is 0. The van der Waals surface area contributed by atoms with Gasteiger partial charge in [-0.1, -0.05) is 0 Å². The van der Waals surface area contributed by atoms with Gasteiger partial charge in [0.05, 0.1) is 24.9 Å². The zero-order valence-electron chi connectivity index (χ0n) is 16.3. The summed E-state index contributed by atoms with van der Waals surface area (Å²) in [5.41, 5.74) is 1.09. The molecule has 1 aliphatic carbocycles. The van der Waals surface area contributed by atoms with Gasteiger partial charge in [0.2, 0.25) is 0 Å². The van der Waals surface area contributed by atoms with E-state index in [1.54, 1.807) is 35.4 Å². The Labute approximate surface area is 172 Å². The van der Waals surface area contributed by atoms with Crippen molar-refractivity contribution in [3.63, 3.8) is 0 Å². The summed E-state index contributed by atoms with van der Waals surface area (Å²) in [6.07, 6.45) is 9.07. The molecule has 3 aromatic rings. The number of nitrogens with zero attached hydrogens (tertiary/aromatic N) is 5. The van der Waals surface area contributed by atoms with Crippen LogP contribution < -0.4 is 16.4 Å². The molecule has 2 aliphatic rings. The molecule has 2 fully saturated rings. The summed E-state index contributed by atoms with van der Waals surface area (Å²) >= 11 is 0. The maximum absolute atomic E-state index is 12.8. The van der Waals surface area contributed by atoms with Gasteiger partial charge in [0.15, 0.2) is 5.82 Å². The minimum atomic E-state index is -0.354. The predicted octanol–water partition coefficient (Wildman–Crippen LogP) is 1.32. The van der Waals surface area contributed by atoms with E-state index >= 15 is 0 Å². The number of hydrogen-bond acceptors (Lipinski definition) is 7. The molecular weight excluding hydrogens is 384 g/mol. The average molecular weight is 406 g/mol. The number of anilines is 1. The van der Waals surface area contributed by atoms with Crippen molar-refractivity contribution < 1.29 is 4.74 Å². The highest BCUT2D eigenvalue weighted by Crippen LogP contribution is 2.30. The van der Waals surface area contributed by atoms with E-state index in [0.717, 1.165) is 24.9 Å². The van der Waals surface area contributed by atoms with E-state index in [-0.39, 0.29) is 29.0 Å². The van der Waals surface area contributed by atoms with Crippen molar-refractivity contribution in [1.82, 2.24) is 24.3 Å². The summed E-state index contributed by atoms with van der Waals surface area (Å²) in [6.45, 7) is 1.40. The molecule has 2 unspecified atom stereocenters. The Morgan fingerprint density at radius 3 is 2.83 bits per heavy atom. The largest absolute Gasteiger partial charge is 0.377 e. The van der Waals surface area contributed by atoms with Crippen molar-refractivity contribution in [3.05, 3.63) is 69.8 Å². The molecule has 0 amide bonds. The highest BCUT2D eigenvalue weighted by Gasteiger charge is 2.32. The fraction of sp³-hybridized carbons (Fsp3) is 0.381. The summed E-state index contributed by atoms with van der Waals surface area (Å²) < 4.78 is 8.76. The van der Waals surface area contributed by atoms with Gasteiger partial charge in [0.1, 0.15) is 6.04 Å². The monoisotopic (exact) mass is 406 g/mol. The van der Waals surface area contributed by atoms with Gasteiger partial charge in [0.25, 0.3) is 11.1 Å². The zero-order chi connectivity index (χ0) is 20.5. The van der Waals surface area contributed by atoms with Gasteiger partial charge < -0.3 is 14.6 Å². The van der Waals surface area contributed by atoms with E-state index in [1.165, 1.54) is 10.7 Å². The van der Waals surface area contributed by atoms with Crippen LogP contribution in [-0.2, 0) is 11.3 Å². The third-order valence-electron chi connectivity index (χ3n) is 5.53. The van der Waals surface area contributed by atoms with Crippen molar-refractivity contribution in [2.75, 3.05) is 18.5 Å². The summed E-state index contributed by atoms with van der Waals surface area (Å²) in [4.78, 5) is 33.7. The van der Waals surface area contributed by atoms with Crippen molar-refractivity contribution in [2.24, 2.45) is 5.92 Å². The zero-order valence-corrected chi connectivity index (χ0v) is 16.3. The van der Waals surface area contributed by atoms with Crippen molar-refractivity contribution >= 4 is 5.82 Å². The summed E-state index contributed by atoms with van der Waals surface area (Å²) in [5, 5.41) is 7.74. The number of rotatable bonds is 6. The second-order valence-electron chi connectivity index (χ2n) is 7.78. The number of ether oxygens (including phenoxy) is 1. The van der Waals surface area contributed by atoms with Crippen LogP contribution in [0.1, 0.15) is 18.9 Å². The average Bonchev–Trinajstić information content (AvgIpc) is 3.47. The van der Waals surface area contributed by atoms with Crippen LogP contribution in [0, 0.1) is 5.92 Å². The second kappa shape index (κ2) is 7.83. The molecule has 30 heavy (non-hydrogen) atoms. The number of aromatic nitrogens is 5. The maximum atomic E-state index is 12.8. The molecule has 2 atom stereocenters. The van der Waals surface area contributed by atoms with Gasteiger partial charge in [-0.15, -0.1) is 0 Å². The molecule has 1 saturated heterocycles. The normalized spacial score (nSPS) is 20.9. The van der Waals surface area contributed by atoms with E-state index in [4.69, 9.17) is 4.74 Å². The Kier molecular flexibility index (Phi) is 4.88. The standard InChI is InChI=1S/C21H22N6O3/c28-19-6-5-16(15-2-1-7-22-10-15)25-27(19)18-13-30-12-17(18)24-20-21(29)26(9-8-23-20)11-14-3-4-14/h1-2,5-10,14,17-18H,3-4,11-13H2,(H,23,24). The maximum Gasteiger partial charge on any atom is 0.293 e. The van der Waals surface area contributed by atoms with Gasteiger partial charge in [-0.25, -0.2) is 9.67 Å². The second-order valence-corrected chi connectivity index (χ2v) is 7.78. The first-order valence-electron chi connectivity index (χ1n) is 10.1. The lowest BCUT2D eigenvalue weighted by molar-refractivity contribution is 0.183. The highest BCUT2D eigenvalue weighted by molar-refractivity contribution is 5.56. The van der Waals surface area contributed by atoms with E-state index in [0.29, 0.717) is 24.8 Å². The van der Waals surface area contributed by atoms with Crippen LogP contribution in [0.4, 0.5) is 5.82 Å². The van der Waals surface area contributed by atoms with Gasteiger partial charge >= 0.3 is 0 Å². The molecule has 3 aromatic heterocycles. The van der Waals surface area contributed by atoms with Crippen LogP contribution in [0.2, 0.25) is 0 Å². The molecule has 9 nitrogen and oxygen atoms in total. The lowest BCUT2D eigenvalue weighted by atomic mass is 10.1. The Balaban J connectivity index is 1.42. The molecule has 0 radical (unpaired) electrons. The minimum absolute atomic E-state index is 0.153. The fourth-order valence-corrected chi connectivity index (χ4v) is 3.70. The van der Waals surface area contributed by atoms with Crippen LogP contribution in [0.15, 0.2) is 58.6 Å². The van der Waals surface area contributed by atoms with Crippen molar-refractivity contribution in [1.29, 1.82) is 0 Å². The molecule has 1 N–H and O–H groups in total. The van der Waals surface area contributed by atoms with Crippen molar-refractivity contribution in [2.45, 2.75) is 31.5 Å².